The summed E-state index contributed by atoms with van der Waals surface area (Å²) >= 11 is 0. The minimum absolute atomic E-state index is 0.431. The standard InChI is InChI=1S/C14H17BN2O2/c1-10(2)8-16-9-11(5-6-17(18)19)13-4-3-12(15)7-14(13)16/h3-7,9-10H,8,15H2,1-2H3/b6-5+. The monoisotopic (exact) mass is 256 g/mol. The molecular formula is C14H17BN2O2. The second-order valence-corrected chi connectivity index (χ2v) is 5.25. The molecule has 0 atom stereocenters. The quantitative estimate of drug-likeness (QED) is 0.475. The average Bonchev–Trinajstić information content (AvgIpc) is 2.63. The van der Waals surface area contributed by atoms with E-state index in [0.717, 1.165) is 29.2 Å². The Hall–Kier alpha value is -2.04. The van der Waals surface area contributed by atoms with Gasteiger partial charge in [-0.2, -0.15) is 0 Å². The molecule has 2 aromatic rings. The molecule has 0 aliphatic heterocycles. The molecule has 0 saturated carbocycles. The van der Waals surface area contributed by atoms with Crippen LogP contribution in [0.25, 0.3) is 17.0 Å². The summed E-state index contributed by atoms with van der Waals surface area (Å²) < 4.78 is 2.17. The molecule has 0 fully saturated rings. The van der Waals surface area contributed by atoms with Crippen molar-refractivity contribution < 1.29 is 4.92 Å². The molecular weight excluding hydrogens is 239 g/mol. The minimum Gasteiger partial charge on any atom is -0.347 e. The first kappa shape index (κ1) is 13.4. The van der Waals surface area contributed by atoms with Crippen LogP contribution in [0.1, 0.15) is 19.4 Å². The Balaban J connectivity index is 2.56. The average molecular weight is 256 g/mol. The maximum Gasteiger partial charge on any atom is 0.235 e. The number of rotatable bonds is 4. The van der Waals surface area contributed by atoms with Gasteiger partial charge in [-0.25, -0.2) is 0 Å². The molecule has 1 heterocycles. The molecule has 0 amide bonds. The Morgan fingerprint density at radius 1 is 1.47 bits per heavy atom. The molecule has 0 aliphatic rings. The first-order valence-corrected chi connectivity index (χ1v) is 6.38. The molecule has 0 N–H and O–H groups in total. The van der Waals surface area contributed by atoms with Crippen LogP contribution in [0.15, 0.2) is 30.6 Å². The highest BCUT2D eigenvalue weighted by Crippen LogP contribution is 2.22. The minimum atomic E-state index is -0.431. The molecule has 98 valence electrons. The van der Waals surface area contributed by atoms with Gasteiger partial charge in [0.2, 0.25) is 6.20 Å². The summed E-state index contributed by atoms with van der Waals surface area (Å²) in [5, 5.41) is 11.5. The van der Waals surface area contributed by atoms with Crippen molar-refractivity contribution in [3.63, 3.8) is 0 Å². The summed E-state index contributed by atoms with van der Waals surface area (Å²) in [6, 6.07) is 6.19. The van der Waals surface area contributed by atoms with E-state index >= 15 is 0 Å². The van der Waals surface area contributed by atoms with Crippen LogP contribution in [0.4, 0.5) is 0 Å². The molecule has 0 spiro atoms. The van der Waals surface area contributed by atoms with Crippen LogP contribution in [0, 0.1) is 16.0 Å². The largest absolute Gasteiger partial charge is 0.347 e. The van der Waals surface area contributed by atoms with Crippen molar-refractivity contribution in [3.05, 3.63) is 46.3 Å². The van der Waals surface area contributed by atoms with E-state index in [9.17, 15) is 10.1 Å². The first-order valence-electron chi connectivity index (χ1n) is 6.38. The normalized spacial score (nSPS) is 11.7. The van der Waals surface area contributed by atoms with Gasteiger partial charge in [-0.15, -0.1) is 0 Å². The maximum absolute atomic E-state index is 10.5. The van der Waals surface area contributed by atoms with Gasteiger partial charge in [0.05, 0.1) is 4.92 Å². The van der Waals surface area contributed by atoms with Gasteiger partial charge >= 0.3 is 0 Å². The van der Waals surface area contributed by atoms with Gasteiger partial charge in [0.1, 0.15) is 7.85 Å². The number of hydrogen-bond donors (Lipinski definition) is 0. The Labute approximate surface area is 113 Å². The fraction of sp³-hybridized carbons (Fsp3) is 0.286. The molecule has 1 aromatic heterocycles. The second kappa shape index (κ2) is 5.30. The summed E-state index contributed by atoms with van der Waals surface area (Å²) in [4.78, 5) is 10.0. The van der Waals surface area contributed by atoms with Gasteiger partial charge in [0.15, 0.2) is 0 Å². The number of hydrogen-bond acceptors (Lipinski definition) is 2. The summed E-state index contributed by atoms with van der Waals surface area (Å²) in [5.41, 5.74) is 3.23. The number of nitrogens with zero attached hydrogens (tertiary/aromatic N) is 2. The lowest BCUT2D eigenvalue weighted by molar-refractivity contribution is -0.400. The summed E-state index contributed by atoms with van der Waals surface area (Å²) in [5.74, 6) is 0.531. The van der Waals surface area contributed by atoms with E-state index in [0.29, 0.717) is 5.92 Å². The second-order valence-electron chi connectivity index (χ2n) is 5.25. The molecule has 2 rings (SSSR count). The van der Waals surface area contributed by atoms with Crippen molar-refractivity contribution in [2.75, 3.05) is 0 Å². The molecule has 0 radical (unpaired) electrons. The molecule has 0 bridgehead atoms. The fourth-order valence-corrected chi connectivity index (χ4v) is 2.25. The summed E-state index contributed by atoms with van der Waals surface area (Å²) in [6.45, 7) is 5.23. The zero-order valence-electron chi connectivity index (χ0n) is 11.5. The highest BCUT2D eigenvalue weighted by molar-refractivity contribution is 6.33. The van der Waals surface area contributed by atoms with Crippen molar-refractivity contribution in [1.29, 1.82) is 0 Å². The summed E-state index contributed by atoms with van der Waals surface area (Å²) in [6.07, 6.45) is 4.55. The zero-order chi connectivity index (χ0) is 14.0. The third-order valence-electron chi connectivity index (χ3n) is 3.01. The van der Waals surface area contributed by atoms with Crippen molar-refractivity contribution in [2.24, 2.45) is 5.92 Å². The van der Waals surface area contributed by atoms with E-state index in [1.54, 1.807) is 6.08 Å². The van der Waals surface area contributed by atoms with Crippen LogP contribution < -0.4 is 5.46 Å². The summed E-state index contributed by atoms with van der Waals surface area (Å²) in [7, 11) is 2.05. The Bertz CT molecular complexity index is 644. The molecule has 0 aliphatic carbocycles. The number of benzene rings is 1. The number of aromatic nitrogens is 1. The van der Waals surface area contributed by atoms with Crippen molar-refractivity contribution in [1.82, 2.24) is 4.57 Å². The molecule has 19 heavy (non-hydrogen) atoms. The first-order chi connectivity index (χ1) is 8.97. The topological polar surface area (TPSA) is 48.1 Å². The van der Waals surface area contributed by atoms with E-state index in [4.69, 9.17) is 0 Å². The molecule has 0 unspecified atom stereocenters. The Morgan fingerprint density at radius 3 is 2.84 bits per heavy atom. The zero-order valence-corrected chi connectivity index (χ0v) is 11.5. The predicted molar refractivity (Wildman–Crippen MR) is 81.0 cm³/mol. The van der Waals surface area contributed by atoms with Crippen molar-refractivity contribution >= 4 is 30.3 Å². The van der Waals surface area contributed by atoms with E-state index in [1.165, 1.54) is 5.46 Å². The van der Waals surface area contributed by atoms with Crippen LogP contribution in [-0.2, 0) is 6.54 Å². The molecule has 5 heteroatoms. The lowest BCUT2D eigenvalue weighted by atomic mass is 9.95. The third kappa shape index (κ3) is 3.05. The van der Waals surface area contributed by atoms with Gasteiger partial charge < -0.3 is 4.57 Å². The van der Waals surface area contributed by atoms with E-state index < -0.39 is 4.92 Å². The molecule has 0 saturated heterocycles. The highest BCUT2D eigenvalue weighted by Gasteiger charge is 2.08. The highest BCUT2D eigenvalue weighted by atomic mass is 16.6. The lowest BCUT2D eigenvalue weighted by Gasteiger charge is -2.08. The van der Waals surface area contributed by atoms with Gasteiger partial charge in [-0.1, -0.05) is 31.4 Å². The molecule has 4 nitrogen and oxygen atoms in total. The van der Waals surface area contributed by atoms with E-state index in [2.05, 4.69) is 32.3 Å². The van der Waals surface area contributed by atoms with Gasteiger partial charge in [0.25, 0.3) is 0 Å². The maximum atomic E-state index is 10.5. The van der Waals surface area contributed by atoms with Crippen LogP contribution in [0.5, 0.6) is 0 Å². The predicted octanol–water partition coefficient (Wildman–Crippen LogP) is 1.80. The van der Waals surface area contributed by atoms with Crippen LogP contribution in [0.2, 0.25) is 0 Å². The number of fused-ring (bicyclic) bond motifs is 1. The van der Waals surface area contributed by atoms with Gasteiger partial charge in [-0.3, -0.25) is 10.1 Å². The van der Waals surface area contributed by atoms with Crippen molar-refractivity contribution in [2.45, 2.75) is 20.4 Å². The smallest absolute Gasteiger partial charge is 0.235 e. The van der Waals surface area contributed by atoms with Crippen LogP contribution in [0.3, 0.4) is 0 Å². The Kier molecular flexibility index (Phi) is 3.74. The fourth-order valence-electron chi connectivity index (χ4n) is 2.25. The molecule has 1 aromatic carbocycles. The van der Waals surface area contributed by atoms with E-state index in [1.807, 2.05) is 18.3 Å². The van der Waals surface area contributed by atoms with E-state index in [-0.39, 0.29) is 0 Å². The lowest BCUT2D eigenvalue weighted by Crippen LogP contribution is -2.05. The third-order valence-corrected chi connectivity index (χ3v) is 3.01. The van der Waals surface area contributed by atoms with Crippen LogP contribution >= 0.6 is 0 Å². The SMILES string of the molecule is Bc1ccc2c(/C=C/[N+](=O)[O-])cn(CC(C)C)c2c1. The van der Waals surface area contributed by atoms with Gasteiger partial charge in [-0.05, 0) is 12.0 Å². The van der Waals surface area contributed by atoms with Gasteiger partial charge in [0, 0.05) is 35.3 Å². The Morgan fingerprint density at radius 2 is 2.21 bits per heavy atom. The number of nitro groups is 1. The van der Waals surface area contributed by atoms with Crippen molar-refractivity contribution in [3.8, 4) is 0 Å². The van der Waals surface area contributed by atoms with Crippen LogP contribution in [-0.4, -0.2) is 17.3 Å².